The first-order valence-corrected chi connectivity index (χ1v) is 2.68. The van der Waals surface area contributed by atoms with E-state index in [0.29, 0.717) is 11.6 Å². The Morgan fingerprint density at radius 3 is 2.90 bits per heavy atom. The Morgan fingerprint density at radius 1 is 1.30 bits per heavy atom. The van der Waals surface area contributed by atoms with Gasteiger partial charge in [-0.3, -0.25) is 10.2 Å². The van der Waals surface area contributed by atoms with E-state index in [0.717, 1.165) is 0 Å². The van der Waals surface area contributed by atoms with Crippen LogP contribution in [0.2, 0.25) is 0 Å². The van der Waals surface area contributed by atoms with Crippen molar-refractivity contribution in [3.05, 3.63) is 12.7 Å². The van der Waals surface area contributed by atoms with Crippen LogP contribution in [0.15, 0.2) is 12.7 Å². The summed E-state index contributed by atoms with van der Waals surface area (Å²) in [4.78, 5) is 7.71. The molecule has 0 fully saturated rings. The van der Waals surface area contributed by atoms with E-state index in [1.54, 1.807) is 0 Å². The Balaban J connectivity index is 2.48. The standard InChI is InChI=1S/C4H4N6/c1-5-3(9-7-1)4-6-2-8-10-4/h1-2H,(H,5,7,9)(H,6,8,10). The van der Waals surface area contributed by atoms with Gasteiger partial charge in [-0.05, 0) is 0 Å². The molecule has 0 unspecified atom stereocenters. The molecule has 0 saturated carbocycles. The topological polar surface area (TPSA) is 83.1 Å². The highest BCUT2D eigenvalue weighted by Crippen LogP contribution is 2.02. The molecule has 6 heteroatoms. The van der Waals surface area contributed by atoms with Crippen molar-refractivity contribution in [2.75, 3.05) is 0 Å². The minimum atomic E-state index is 0.525. The second kappa shape index (κ2) is 1.90. The van der Waals surface area contributed by atoms with Crippen LogP contribution in [-0.2, 0) is 0 Å². The number of H-pyrrole nitrogens is 2. The highest BCUT2D eigenvalue weighted by atomic mass is 15.3. The van der Waals surface area contributed by atoms with Crippen LogP contribution in [0.25, 0.3) is 11.6 Å². The third-order valence-corrected chi connectivity index (χ3v) is 1.04. The lowest BCUT2D eigenvalue weighted by molar-refractivity contribution is 1.05. The molecule has 6 nitrogen and oxygen atoms in total. The van der Waals surface area contributed by atoms with Crippen LogP contribution in [-0.4, -0.2) is 30.4 Å². The van der Waals surface area contributed by atoms with Crippen molar-refractivity contribution in [1.29, 1.82) is 0 Å². The Bertz CT molecular complexity index is 249. The molecule has 0 radical (unpaired) electrons. The lowest BCUT2D eigenvalue weighted by Gasteiger charge is -1.80. The molecule has 0 aliphatic heterocycles. The molecule has 0 aliphatic rings. The Kier molecular flexibility index (Phi) is 0.970. The summed E-state index contributed by atoms with van der Waals surface area (Å²) in [5.74, 6) is 1.10. The zero-order chi connectivity index (χ0) is 6.81. The molecule has 0 saturated heterocycles. The largest absolute Gasteiger partial charge is 0.265 e. The third-order valence-electron chi connectivity index (χ3n) is 1.04. The average molecular weight is 136 g/mol. The SMILES string of the molecule is c1n[nH]c(-c2nc[nH]n2)n1. The molecule has 2 aromatic rings. The molecule has 10 heavy (non-hydrogen) atoms. The minimum Gasteiger partial charge on any atom is -0.265 e. The van der Waals surface area contributed by atoms with Gasteiger partial charge >= 0.3 is 0 Å². The maximum Gasteiger partial charge on any atom is 0.218 e. The quantitative estimate of drug-likeness (QED) is 0.558. The summed E-state index contributed by atoms with van der Waals surface area (Å²) in [6, 6.07) is 0. The van der Waals surface area contributed by atoms with Crippen LogP contribution in [0, 0.1) is 0 Å². The molecule has 2 heterocycles. The van der Waals surface area contributed by atoms with Gasteiger partial charge in [0.2, 0.25) is 5.82 Å². The van der Waals surface area contributed by atoms with Gasteiger partial charge in [0.15, 0.2) is 5.82 Å². The lowest BCUT2D eigenvalue weighted by atomic mass is 10.6. The van der Waals surface area contributed by atoms with Crippen molar-refractivity contribution in [2.24, 2.45) is 0 Å². The van der Waals surface area contributed by atoms with Crippen LogP contribution in [0.3, 0.4) is 0 Å². The van der Waals surface area contributed by atoms with Gasteiger partial charge in [-0.15, -0.1) is 0 Å². The highest BCUT2D eigenvalue weighted by molar-refractivity contribution is 5.39. The first-order valence-electron chi connectivity index (χ1n) is 2.68. The Labute approximate surface area is 55.7 Å². The number of nitrogens with zero attached hydrogens (tertiary/aromatic N) is 4. The maximum atomic E-state index is 3.86. The minimum absolute atomic E-state index is 0.525. The molecule has 0 amide bonds. The summed E-state index contributed by atoms with van der Waals surface area (Å²) in [5.41, 5.74) is 0. The van der Waals surface area contributed by atoms with Crippen molar-refractivity contribution in [3.63, 3.8) is 0 Å². The molecule has 2 N–H and O–H groups in total. The van der Waals surface area contributed by atoms with Crippen molar-refractivity contribution in [1.82, 2.24) is 30.4 Å². The van der Waals surface area contributed by atoms with Crippen LogP contribution in [0.1, 0.15) is 0 Å². The van der Waals surface area contributed by atoms with Gasteiger partial charge in [0.05, 0.1) is 0 Å². The number of nitrogens with one attached hydrogen (secondary N) is 2. The van der Waals surface area contributed by atoms with Gasteiger partial charge in [0.1, 0.15) is 12.7 Å². The summed E-state index contributed by atoms with van der Waals surface area (Å²) in [5, 5.41) is 12.6. The molecule has 0 aliphatic carbocycles. The van der Waals surface area contributed by atoms with E-state index in [1.807, 2.05) is 0 Å². The molecule has 2 rings (SSSR count). The number of hydrogen-bond acceptors (Lipinski definition) is 4. The summed E-state index contributed by atoms with van der Waals surface area (Å²) in [6.07, 6.45) is 2.89. The van der Waals surface area contributed by atoms with Gasteiger partial charge in [0.25, 0.3) is 0 Å². The fourth-order valence-corrected chi connectivity index (χ4v) is 0.636. The molecule has 2 aromatic heterocycles. The average Bonchev–Trinajstić information content (AvgIpc) is 2.59. The van der Waals surface area contributed by atoms with E-state index in [4.69, 9.17) is 0 Å². The lowest BCUT2D eigenvalue weighted by Crippen LogP contribution is -1.82. The number of aromatic nitrogens is 6. The fourth-order valence-electron chi connectivity index (χ4n) is 0.636. The normalized spacial score (nSPS) is 10.0. The smallest absolute Gasteiger partial charge is 0.218 e. The molecule has 0 atom stereocenters. The molecule has 0 aromatic carbocycles. The molecular formula is C4H4N6. The Morgan fingerprint density at radius 2 is 2.30 bits per heavy atom. The monoisotopic (exact) mass is 136 g/mol. The summed E-state index contributed by atoms with van der Waals surface area (Å²) >= 11 is 0. The van der Waals surface area contributed by atoms with Crippen LogP contribution in [0.4, 0.5) is 0 Å². The van der Waals surface area contributed by atoms with Gasteiger partial charge in [0, 0.05) is 0 Å². The first kappa shape index (κ1) is 5.10. The van der Waals surface area contributed by atoms with Crippen molar-refractivity contribution in [2.45, 2.75) is 0 Å². The predicted octanol–water partition coefficient (Wildman–Crippen LogP) is -0.410. The van der Waals surface area contributed by atoms with Gasteiger partial charge in [-0.1, -0.05) is 0 Å². The van der Waals surface area contributed by atoms with Gasteiger partial charge < -0.3 is 0 Å². The van der Waals surface area contributed by atoms with Crippen LogP contribution in [0.5, 0.6) is 0 Å². The fraction of sp³-hybridized carbons (Fsp3) is 0. The van der Waals surface area contributed by atoms with Crippen LogP contribution < -0.4 is 0 Å². The zero-order valence-corrected chi connectivity index (χ0v) is 4.94. The maximum absolute atomic E-state index is 3.86. The molecule has 0 bridgehead atoms. The summed E-state index contributed by atoms with van der Waals surface area (Å²) in [6.45, 7) is 0. The number of aromatic amines is 2. The van der Waals surface area contributed by atoms with Crippen molar-refractivity contribution in [3.8, 4) is 11.6 Å². The molecule has 0 spiro atoms. The van der Waals surface area contributed by atoms with E-state index >= 15 is 0 Å². The van der Waals surface area contributed by atoms with Crippen LogP contribution >= 0.6 is 0 Å². The highest BCUT2D eigenvalue weighted by Gasteiger charge is 2.01. The number of hydrogen-bond donors (Lipinski definition) is 2. The van der Waals surface area contributed by atoms with E-state index in [-0.39, 0.29) is 0 Å². The third kappa shape index (κ3) is 0.661. The summed E-state index contributed by atoms with van der Waals surface area (Å²) < 4.78 is 0. The first-order chi connectivity index (χ1) is 4.97. The van der Waals surface area contributed by atoms with E-state index in [2.05, 4.69) is 30.4 Å². The van der Waals surface area contributed by atoms with E-state index < -0.39 is 0 Å². The van der Waals surface area contributed by atoms with Gasteiger partial charge in [-0.25, -0.2) is 9.97 Å². The van der Waals surface area contributed by atoms with E-state index in [1.165, 1.54) is 12.7 Å². The van der Waals surface area contributed by atoms with Crippen molar-refractivity contribution < 1.29 is 0 Å². The number of rotatable bonds is 1. The summed E-state index contributed by atoms with van der Waals surface area (Å²) in [7, 11) is 0. The van der Waals surface area contributed by atoms with Gasteiger partial charge in [-0.2, -0.15) is 10.2 Å². The second-order valence-electron chi connectivity index (χ2n) is 1.66. The zero-order valence-electron chi connectivity index (χ0n) is 4.94. The molecular weight excluding hydrogens is 132 g/mol. The molecule has 50 valence electrons. The Hall–Kier alpha value is -1.72. The second-order valence-corrected chi connectivity index (χ2v) is 1.66. The van der Waals surface area contributed by atoms with Crippen molar-refractivity contribution >= 4 is 0 Å². The predicted molar refractivity (Wildman–Crippen MR) is 31.8 cm³/mol. The van der Waals surface area contributed by atoms with E-state index in [9.17, 15) is 0 Å².